The number of nitrogens with one attached hydrogen (secondary N) is 1. The Bertz CT molecular complexity index is 709. The summed E-state index contributed by atoms with van der Waals surface area (Å²) in [5, 5.41) is 0. The monoisotopic (exact) mass is 354 g/mol. The molecule has 2 aromatic carbocycles. The Hall–Kier alpha value is -1.37. The molecule has 20 heavy (non-hydrogen) atoms. The lowest BCUT2D eigenvalue weighted by atomic mass is 10.2. The summed E-state index contributed by atoms with van der Waals surface area (Å²) in [5.41, 5.74) is 7.80. The van der Waals surface area contributed by atoms with E-state index >= 15 is 0 Å². The third-order valence-electron chi connectivity index (χ3n) is 2.74. The summed E-state index contributed by atoms with van der Waals surface area (Å²) in [6, 6.07) is 12.0. The number of nitrogens with two attached hydrogens (primary N) is 1. The van der Waals surface area contributed by atoms with Gasteiger partial charge >= 0.3 is 0 Å². The summed E-state index contributed by atoms with van der Waals surface area (Å²) >= 11 is 3.35. The molecule has 3 N–H and O–H groups in total. The molecule has 6 heteroatoms. The van der Waals surface area contributed by atoms with E-state index in [4.69, 9.17) is 5.73 Å². The van der Waals surface area contributed by atoms with Gasteiger partial charge < -0.3 is 5.73 Å². The molecule has 0 aliphatic rings. The first-order valence-electron chi connectivity index (χ1n) is 6.00. The minimum atomic E-state index is -3.61. The van der Waals surface area contributed by atoms with Crippen LogP contribution in [0, 0.1) is 6.92 Å². The first-order valence-corrected chi connectivity index (χ1v) is 8.27. The molecule has 0 radical (unpaired) electrons. The fourth-order valence-electron chi connectivity index (χ4n) is 1.85. The highest BCUT2D eigenvalue weighted by Gasteiger charge is 2.14. The zero-order chi connectivity index (χ0) is 14.8. The van der Waals surface area contributed by atoms with Crippen LogP contribution in [0.2, 0.25) is 0 Å². The van der Waals surface area contributed by atoms with E-state index in [0.29, 0.717) is 12.2 Å². The van der Waals surface area contributed by atoms with Crippen molar-refractivity contribution in [2.24, 2.45) is 5.73 Å². The second kappa shape index (κ2) is 5.95. The van der Waals surface area contributed by atoms with Crippen molar-refractivity contribution in [1.29, 1.82) is 0 Å². The van der Waals surface area contributed by atoms with Gasteiger partial charge in [0.05, 0.1) is 10.6 Å². The highest BCUT2D eigenvalue weighted by atomic mass is 79.9. The number of rotatable bonds is 4. The first-order chi connectivity index (χ1) is 9.40. The third-order valence-corrected chi connectivity index (χ3v) is 4.58. The molecule has 0 unspecified atom stereocenters. The van der Waals surface area contributed by atoms with Gasteiger partial charge in [-0.15, -0.1) is 0 Å². The summed E-state index contributed by atoms with van der Waals surface area (Å²) < 4.78 is 28.0. The van der Waals surface area contributed by atoms with Gasteiger partial charge in [-0.3, -0.25) is 4.72 Å². The van der Waals surface area contributed by atoms with Gasteiger partial charge in [0.25, 0.3) is 10.0 Å². The minimum absolute atomic E-state index is 0.207. The van der Waals surface area contributed by atoms with Crippen LogP contribution in [0.25, 0.3) is 0 Å². The molecule has 0 bridgehead atoms. The van der Waals surface area contributed by atoms with Crippen molar-refractivity contribution in [2.75, 3.05) is 4.72 Å². The fourth-order valence-corrected chi connectivity index (χ4v) is 3.57. The molecule has 0 aliphatic carbocycles. The van der Waals surface area contributed by atoms with Gasteiger partial charge in [-0.05, 0) is 48.4 Å². The van der Waals surface area contributed by atoms with Gasteiger partial charge in [-0.1, -0.05) is 28.1 Å². The van der Waals surface area contributed by atoms with Crippen LogP contribution >= 0.6 is 15.9 Å². The molecule has 4 nitrogen and oxygen atoms in total. The van der Waals surface area contributed by atoms with Gasteiger partial charge in [0.1, 0.15) is 0 Å². The van der Waals surface area contributed by atoms with Crippen LogP contribution in [0.4, 0.5) is 5.69 Å². The number of hydrogen-bond donors (Lipinski definition) is 2. The smallest absolute Gasteiger partial charge is 0.261 e. The van der Waals surface area contributed by atoms with Crippen molar-refractivity contribution < 1.29 is 8.42 Å². The molecule has 0 spiro atoms. The third kappa shape index (κ3) is 3.59. The number of anilines is 1. The minimum Gasteiger partial charge on any atom is -0.326 e. The summed E-state index contributed by atoms with van der Waals surface area (Å²) in [4.78, 5) is 0.207. The number of sulfonamides is 1. The molecule has 106 valence electrons. The molecule has 0 atom stereocenters. The van der Waals surface area contributed by atoms with E-state index in [1.807, 2.05) is 13.0 Å². The lowest BCUT2D eigenvalue weighted by molar-refractivity contribution is 0.601. The maximum atomic E-state index is 12.3. The fraction of sp³-hybridized carbons (Fsp3) is 0.143. The van der Waals surface area contributed by atoms with Crippen LogP contribution in [0.5, 0.6) is 0 Å². The normalized spacial score (nSPS) is 11.3. The Kier molecular flexibility index (Phi) is 4.47. The molecule has 0 amide bonds. The average molecular weight is 355 g/mol. The molecule has 0 aromatic heterocycles. The van der Waals surface area contributed by atoms with Crippen molar-refractivity contribution in [3.05, 3.63) is 58.1 Å². The van der Waals surface area contributed by atoms with Crippen LogP contribution < -0.4 is 10.5 Å². The highest BCUT2D eigenvalue weighted by Crippen LogP contribution is 2.22. The molecule has 0 saturated carbocycles. The van der Waals surface area contributed by atoms with Crippen molar-refractivity contribution in [1.82, 2.24) is 0 Å². The van der Waals surface area contributed by atoms with Crippen molar-refractivity contribution in [3.63, 3.8) is 0 Å². The molecular formula is C14H15BrN2O2S. The predicted molar refractivity (Wildman–Crippen MR) is 84.0 cm³/mol. The van der Waals surface area contributed by atoms with Crippen LogP contribution in [-0.4, -0.2) is 8.42 Å². The molecule has 0 aliphatic heterocycles. The van der Waals surface area contributed by atoms with Crippen LogP contribution in [0.1, 0.15) is 11.1 Å². The van der Waals surface area contributed by atoms with Gasteiger partial charge in [-0.2, -0.15) is 0 Å². The van der Waals surface area contributed by atoms with E-state index in [1.165, 1.54) is 0 Å². The maximum absolute atomic E-state index is 12.3. The highest BCUT2D eigenvalue weighted by molar-refractivity contribution is 9.10. The van der Waals surface area contributed by atoms with E-state index in [1.54, 1.807) is 36.4 Å². The second-order valence-corrected chi connectivity index (χ2v) is 7.07. The number of aryl methyl sites for hydroxylation is 1. The molecule has 0 heterocycles. The number of halogens is 1. The van der Waals surface area contributed by atoms with E-state index < -0.39 is 10.0 Å². The topological polar surface area (TPSA) is 72.2 Å². The van der Waals surface area contributed by atoms with Crippen molar-refractivity contribution in [2.45, 2.75) is 18.4 Å². The molecule has 0 saturated heterocycles. The van der Waals surface area contributed by atoms with E-state index in [0.717, 1.165) is 15.6 Å². The summed E-state index contributed by atoms with van der Waals surface area (Å²) in [5.74, 6) is 0. The Morgan fingerprint density at radius 3 is 2.60 bits per heavy atom. The van der Waals surface area contributed by atoms with Gasteiger partial charge in [0, 0.05) is 11.0 Å². The molecule has 0 fully saturated rings. The summed E-state index contributed by atoms with van der Waals surface area (Å²) in [6.45, 7) is 2.21. The number of benzene rings is 2. The van der Waals surface area contributed by atoms with Crippen LogP contribution in [-0.2, 0) is 16.6 Å². The zero-order valence-corrected chi connectivity index (χ0v) is 13.3. The second-order valence-electron chi connectivity index (χ2n) is 4.47. The predicted octanol–water partition coefficient (Wildman–Crippen LogP) is 3.02. The lowest BCUT2D eigenvalue weighted by Gasteiger charge is -2.10. The summed E-state index contributed by atoms with van der Waals surface area (Å²) in [6.07, 6.45) is 0. The Balaban J connectivity index is 2.35. The summed E-state index contributed by atoms with van der Waals surface area (Å²) in [7, 11) is -3.61. The van der Waals surface area contributed by atoms with Crippen molar-refractivity contribution >= 4 is 31.6 Å². The Morgan fingerprint density at radius 1 is 1.20 bits per heavy atom. The SMILES string of the molecule is Cc1cc(Br)cc(NS(=O)(=O)c2cccc(CN)c2)c1. The zero-order valence-electron chi connectivity index (χ0n) is 10.9. The molecule has 2 aromatic rings. The van der Waals surface area contributed by atoms with E-state index in [-0.39, 0.29) is 4.90 Å². The maximum Gasteiger partial charge on any atom is 0.261 e. The quantitative estimate of drug-likeness (QED) is 0.886. The first kappa shape index (κ1) is 15.0. The van der Waals surface area contributed by atoms with Gasteiger partial charge in [-0.25, -0.2) is 8.42 Å². The molecular weight excluding hydrogens is 340 g/mol. The van der Waals surface area contributed by atoms with Gasteiger partial charge in [0.2, 0.25) is 0 Å². The Labute approximate surface area is 127 Å². The van der Waals surface area contributed by atoms with E-state index in [9.17, 15) is 8.42 Å². The van der Waals surface area contributed by atoms with Gasteiger partial charge in [0.15, 0.2) is 0 Å². The van der Waals surface area contributed by atoms with E-state index in [2.05, 4.69) is 20.7 Å². The standard InChI is InChI=1S/C14H15BrN2O2S/c1-10-5-12(15)8-13(6-10)17-20(18,19)14-4-2-3-11(7-14)9-16/h2-8,17H,9,16H2,1H3. The molecule has 2 rings (SSSR count). The largest absolute Gasteiger partial charge is 0.326 e. The Morgan fingerprint density at radius 2 is 1.95 bits per heavy atom. The number of hydrogen-bond acceptors (Lipinski definition) is 3. The van der Waals surface area contributed by atoms with Crippen LogP contribution in [0.3, 0.4) is 0 Å². The van der Waals surface area contributed by atoms with Crippen molar-refractivity contribution in [3.8, 4) is 0 Å². The lowest BCUT2D eigenvalue weighted by Crippen LogP contribution is -2.13. The average Bonchev–Trinajstić information content (AvgIpc) is 2.37. The van der Waals surface area contributed by atoms with Crippen LogP contribution in [0.15, 0.2) is 51.8 Å².